The van der Waals surface area contributed by atoms with Gasteiger partial charge in [-0.05, 0) is 33.0 Å². The molecule has 1 aromatic heterocycles. The normalized spacial score (nSPS) is 25.5. The monoisotopic (exact) mass is 325 g/mol. The van der Waals surface area contributed by atoms with Crippen LogP contribution in [0.5, 0.6) is 0 Å². The topological polar surface area (TPSA) is 64.5 Å². The van der Waals surface area contributed by atoms with Crippen molar-refractivity contribution in [1.82, 2.24) is 14.9 Å². The van der Waals surface area contributed by atoms with Crippen molar-refractivity contribution >= 4 is 17.9 Å². The highest BCUT2D eigenvalue weighted by Crippen LogP contribution is 2.34. The molecule has 0 radical (unpaired) electrons. The van der Waals surface area contributed by atoms with Crippen molar-refractivity contribution < 1.29 is 14.3 Å². The molecule has 0 aromatic carbocycles. The quantitative estimate of drug-likeness (QED) is 0.479. The Labute approximate surface area is 135 Å². The van der Waals surface area contributed by atoms with Crippen LogP contribution < -0.4 is 0 Å². The van der Waals surface area contributed by atoms with E-state index in [1.54, 1.807) is 30.2 Å². The lowest BCUT2D eigenvalue weighted by Crippen LogP contribution is -2.46. The van der Waals surface area contributed by atoms with Crippen LogP contribution in [-0.4, -0.2) is 59.6 Å². The Hall–Kier alpha value is -1.34. The fourth-order valence-corrected chi connectivity index (χ4v) is 3.92. The fraction of sp³-hybridized carbons (Fsp3) is 0.667. The number of ether oxygens (including phenoxy) is 2. The van der Waals surface area contributed by atoms with Crippen LogP contribution in [0.1, 0.15) is 25.7 Å². The molecule has 7 heteroatoms. The van der Waals surface area contributed by atoms with Gasteiger partial charge in [0, 0.05) is 18.4 Å². The van der Waals surface area contributed by atoms with Gasteiger partial charge in [-0.15, -0.1) is 0 Å². The van der Waals surface area contributed by atoms with Crippen molar-refractivity contribution in [2.24, 2.45) is 0 Å². The largest absolute Gasteiger partial charge is 0.508 e. The lowest BCUT2D eigenvalue weighted by Gasteiger charge is -2.33. The second-order valence-corrected chi connectivity index (χ2v) is 6.75. The summed E-state index contributed by atoms with van der Waals surface area (Å²) in [4.78, 5) is 22.3. The van der Waals surface area contributed by atoms with Gasteiger partial charge in [-0.25, -0.2) is 14.8 Å². The van der Waals surface area contributed by atoms with Crippen LogP contribution in [0, 0.1) is 0 Å². The molecule has 22 heavy (non-hydrogen) atoms. The number of carbonyl (C=O) groups is 1. The zero-order chi connectivity index (χ0) is 15.9. The first-order chi connectivity index (χ1) is 10.6. The van der Waals surface area contributed by atoms with Crippen molar-refractivity contribution in [1.29, 1.82) is 0 Å². The van der Waals surface area contributed by atoms with Gasteiger partial charge in [0.2, 0.25) is 0 Å². The highest BCUT2D eigenvalue weighted by Gasteiger charge is 2.37. The van der Waals surface area contributed by atoms with Gasteiger partial charge in [0.1, 0.15) is 6.10 Å². The average Bonchev–Trinajstić information content (AvgIpc) is 2.71. The Kier molecular flexibility index (Phi) is 6.45. The lowest BCUT2D eigenvalue weighted by atomic mass is 10.0. The van der Waals surface area contributed by atoms with Crippen molar-refractivity contribution in [2.75, 3.05) is 21.2 Å². The molecule has 0 aliphatic heterocycles. The van der Waals surface area contributed by atoms with Crippen LogP contribution in [0.3, 0.4) is 0 Å². The van der Waals surface area contributed by atoms with E-state index >= 15 is 0 Å². The molecule has 1 aliphatic rings. The Morgan fingerprint density at radius 3 is 2.59 bits per heavy atom. The molecule has 1 unspecified atom stereocenters. The van der Waals surface area contributed by atoms with E-state index < -0.39 is 6.16 Å². The van der Waals surface area contributed by atoms with Crippen molar-refractivity contribution in [3.05, 3.63) is 18.5 Å². The Morgan fingerprint density at radius 1 is 1.27 bits per heavy atom. The van der Waals surface area contributed by atoms with Gasteiger partial charge in [-0.2, -0.15) is 0 Å². The number of likely N-dealkylation sites (N-methyl/N-ethyl adjacent to an activating group) is 1. The van der Waals surface area contributed by atoms with Gasteiger partial charge in [0.15, 0.2) is 5.16 Å². The van der Waals surface area contributed by atoms with Crippen LogP contribution in [0.2, 0.25) is 0 Å². The van der Waals surface area contributed by atoms with Crippen LogP contribution in [0.25, 0.3) is 0 Å². The molecule has 0 saturated heterocycles. The van der Waals surface area contributed by atoms with Gasteiger partial charge >= 0.3 is 6.16 Å². The highest BCUT2D eigenvalue weighted by molar-refractivity contribution is 7.99. The number of hydrogen-bond donors (Lipinski definition) is 0. The summed E-state index contributed by atoms with van der Waals surface area (Å²) in [5.74, 6) is 0. The molecule has 1 saturated carbocycles. The average molecular weight is 325 g/mol. The smallest absolute Gasteiger partial charge is 0.438 e. The van der Waals surface area contributed by atoms with E-state index in [2.05, 4.69) is 14.9 Å². The molecule has 1 aromatic rings. The number of nitrogens with zero attached hydrogens (tertiary/aromatic N) is 3. The summed E-state index contributed by atoms with van der Waals surface area (Å²) in [7, 11) is 5.38. The van der Waals surface area contributed by atoms with Gasteiger partial charge in [0.05, 0.1) is 12.4 Å². The molecule has 122 valence electrons. The maximum atomic E-state index is 11.7. The maximum absolute atomic E-state index is 11.7. The molecule has 0 N–H and O–H groups in total. The number of methoxy groups -OCH3 is 1. The molecule has 3 atom stereocenters. The molecule has 1 aliphatic carbocycles. The zero-order valence-corrected chi connectivity index (χ0v) is 14.1. The standard InChI is InChI=1S/C15H23N3O3S/c1-18(2)11-7-4-5-8-12(13(11)21-15(19)20-3)22-14-16-9-6-10-17-14/h6,9-13H,4-5,7-8H2,1-3H3/t11-,12?,13+/m0/s1. The maximum Gasteiger partial charge on any atom is 0.508 e. The molecule has 2 rings (SSSR count). The SMILES string of the molecule is COC(=O)O[C@H]1C(Sc2ncccn2)CCCC[C@@H]1N(C)C. The van der Waals surface area contributed by atoms with E-state index in [0.717, 1.165) is 25.7 Å². The Bertz CT molecular complexity index is 472. The van der Waals surface area contributed by atoms with Crippen LogP contribution in [0.4, 0.5) is 4.79 Å². The molecule has 1 fully saturated rings. The highest BCUT2D eigenvalue weighted by atomic mass is 32.2. The van der Waals surface area contributed by atoms with Crippen LogP contribution in [0.15, 0.2) is 23.6 Å². The minimum absolute atomic E-state index is 0.122. The fourth-order valence-electron chi connectivity index (χ4n) is 2.75. The number of carbonyl (C=O) groups excluding carboxylic acids is 1. The third kappa shape index (κ3) is 4.58. The van der Waals surface area contributed by atoms with Crippen molar-refractivity contribution in [3.8, 4) is 0 Å². The van der Waals surface area contributed by atoms with E-state index in [0.29, 0.717) is 5.16 Å². The minimum atomic E-state index is -0.627. The molecule has 0 amide bonds. The Morgan fingerprint density at radius 2 is 1.95 bits per heavy atom. The first kappa shape index (κ1) is 17.0. The summed E-state index contributed by atoms with van der Waals surface area (Å²) >= 11 is 1.58. The molecular weight excluding hydrogens is 302 g/mol. The van der Waals surface area contributed by atoms with E-state index in [4.69, 9.17) is 9.47 Å². The summed E-state index contributed by atoms with van der Waals surface area (Å²) in [5, 5.41) is 0.835. The zero-order valence-electron chi connectivity index (χ0n) is 13.3. The Balaban J connectivity index is 2.19. The summed E-state index contributed by atoms with van der Waals surface area (Å²) in [5.41, 5.74) is 0. The number of aromatic nitrogens is 2. The predicted octanol–water partition coefficient (Wildman–Crippen LogP) is 2.59. The third-order valence-corrected chi connectivity index (χ3v) is 5.07. The second kappa shape index (κ2) is 8.33. The molecule has 6 nitrogen and oxygen atoms in total. The summed E-state index contributed by atoms with van der Waals surface area (Å²) in [6.45, 7) is 0. The van der Waals surface area contributed by atoms with Crippen molar-refractivity contribution in [3.63, 3.8) is 0 Å². The number of hydrogen-bond acceptors (Lipinski definition) is 7. The number of thioether (sulfide) groups is 1. The first-order valence-electron chi connectivity index (χ1n) is 7.46. The van der Waals surface area contributed by atoms with Gasteiger partial charge < -0.3 is 14.4 Å². The van der Waals surface area contributed by atoms with Crippen molar-refractivity contribution in [2.45, 2.75) is 48.2 Å². The van der Waals surface area contributed by atoms with E-state index in [1.807, 2.05) is 14.1 Å². The lowest BCUT2D eigenvalue weighted by molar-refractivity contribution is 0.00323. The summed E-state index contributed by atoms with van der Waals surface area (Å²) in [6, 6.07) is 1.96. The minimum Gasteiger partial charge on any atom is -0.438 e. The van der Waals surface area contributed by atoms with Gasteiger partial charge in [0.25, 0.3) is 0 Å². The molecular formula is C15H23N3O3S. The van der Waals surface area contributed by atoms with Crippen LogP contribution >= 0.6 is 11.8 Å². The van der Waals surface area contributed by atoms with Gasteiger partial charge in [-0.3, -0.25) is 0 Å². The molecule has 0 bridgehead atoms. The number of rotatable bonds is 4. The van der Waals surface area contributed by atoms with Crippen LogP contribution in [-0.2, 0) is 9.47 Å². The first-order valence-corrected chi connectivity index (χ1v) is 8.34. The second-order valence-electron chi connectivity index (χ2n) is 5.54. The molecule has 0 spiro atoms. The predicted molar refractivity (Wildman–Crippen MR) is 84.9 cm³/mol. The summed E-state index contributed by atoms with van der Waals surface area (Å²) in [6.07, 6.45) is 6.79. The van der Waals surface area contributed by atoms with E-state index in [1.165, 1.54) is 7.11 Å². The van der Waals surface area contributed by atoms with E-state index in [9.17, 15) is 4.79 Å². The molecule has 1 heterocycles. The summed E-state index contributed by atoms with van der Waals surface area (Å²) < 4.78 is 10.3. The third-order valence-electron chi connectivity index (χ3n) is 3.85. The van der Waals surface area contributed by atoms with E-state index in [-0.39, 0.29) is 17.4 Å². The van der Waals surface area contributed by atoms with Gasteiger partial charge in [-0.1, -0.05) is 24.6 Å².